The van der Waals surface area contributed by atoms with Crippen molar-refractivity contribution in [1.82, 2.24) is 0 Å². The van der Waals surface area contributed by atoms with Gasteiger partial charge in [0.25, 0.3) is 0 Å². The summed E-state index contributed by atoms with van der Waals surface area (Å²) in [7, 11) is 1.60. The minimum atomic E-state index is -0.310. The number of aliphatic hydroxyl groups is 1. The molecule has 96 valence electrons. The standard InChI is InChI=1S/C13H16N2O3/c1-17-12-4-2-11(3-5-12)15(10-14)6-13(7-16)8-18-9-13/h2-5,16H,6-9H2,1H3. The van der Waals surface area contributed by atoms with Gasteiger partial charge in [-0.15, -0.1) is 0 Å². The van der Waals surface area contributed by atoms with E-state index in [1.54, 1.807) is 12.0 Å². The van der Waals surface area contributed by atoms with E-state index in [9.17, 15) is 10.4 Å². The molecule has 0 radical (unpaired) electrons. The van der Waals surface area contributed by atoms with Gasteiger partial charge in [-0.05, 0) is 24.3 Å². The van der Waals surface area contributed by atoms with E-state index in [4.69, 9.17) is 9.47 Å². The Morgan fingerprint density at radius 2 is 2.11 bits per heavy atom. The average Bonchev–Trinajstić information content (AvgIpc) is 2.39. The summed E-state index contributed by atoms with van der Waals surface area (Å²) in [6.45, 7) is 1.49. The molecule has 0 aliphatic carbocycles. The fourth-order valence-corrected chi connectivity index (χ4v) is 1.91. The van der Waals surface area contributed by atoms with Gasteiger partial charge in [0.05, 0.1) is 38.0 Å². The predicted octanol–water partition coefficient (Wildman–Crippen LogP) is 0.992. The average molecular weight is 248 g/mol. The monoisotopic (exact) mass is 248 g/mol. The van der Waals surface area contributed by atoms with E-state index in [0.29, 0.717) is 19.8 Å². The van der Waals surface area contributed by atoms with Gasteiger partial charge < -0.3 is 14.6 Å². The third-order valence-corrected chi connectivity index (χ3v) is 3.15. The van der Waals surface area contributed by atoms with Gasteiger partial charge in [-0.2, -0.15) is 5.26 Å². The minimum absolute atomic E-state index is 0.0291. The number of methoxy groups -OCH3 is 1. The van der Waals surface area contributed by atoms with E-state index in [2.05, 4.69) is 6.19 Å². The summed E-state index contributed by atoms with van der Waals surface area (Å²) in [6, 6.07) is 7.27. The lowest BCUT2D eigenvalue weighted by molar-refractivity contribution is -0.130. The molecular weight excluding hydrogens is 232 g/mol. The first kappa shape index (κ1) is 12.7. The first-order valence-corrected chi connectivity index (χ1v) is 5.73. The number of rotatable bonds is 5. The first-order chi connectivity index (χ1) is 8.73. The highest BCUT2D eigenvalue weighted by Gasteiger charge is 2.40. The second kappa shape index (κ2) is 5.25. The number of nitriles is 1. The summed E-state index contributed by atoms with van der Waals surface area (Å²) in [4.78, 5) is 1.57. The molecule has 0 atom stereocenters. The maximum absolute atomic E-state index is 9.37. The Kier molecular flexibility index (Phi) is 3.70. The number of aliphatic hydroxyl groups excluding tert-OH is 1. The summed E-state index contributed by atoms with van der Waals surface area (Å²) >= 11 is 0. The second-order valence-electron chi connectivity index (χ2n) is 4.54. The molecule has 18 heavy (non-hydrogen) atoms. The lowest BCUT2D eigenvalue weighted by atomic mass is 9.86. The van der Waals surface area contributed by atoms with Crippen LogP contribution < -0.4 is 9.64 Å². The molecular formula is C13H16N2O3. The van der Waals surface area contributed by atoms with Gasteiger partial charge in [0.15, 0.2) is 6.19 Å². The van der Waals surface area contributed by atoms with Gasteiger partial charge in [0, 0.05) is 6.54 Å². The number of anilines is 1. The molecule has 1 saturated heterocycles. The summed E-state index contributed by atoms with van der Waals surface area (Å²) in [5.74, 6) is 0.750. The highest BCUT2D eigenvalue weighted by atomic mass is 16.5. The zero-order chi connectivity index (χ0) is 13.0. The Morgan fingerprint density at radius 3 is 2.50 bits per heavy atom. The molecule has 1 aromatic rings. The number of hydrogen-bond acceptors (Lipinski definition) is 5. The molecule has 1 heterocycles. The van der Waals surface area contributed by atoms with E-state index in [1.807, 2.05) is 24.3 Å². The van der Waals surface area contributed by atoms with Crippen molar-refractivity contribution in [3.8, 4) is 11.9 Å². The summed E-state index contributed by atoms with van der Waals surface area (Å²) in [5, 5.41) is 18.6. The smallest absolute Gasteiger partial charge is 0.184 e. The maximum Gasteiger partial charge on any atom is 0.184 e. The molecule has 0 aromatic heterocycles. The quantitative estimate of drug-likeness (QED) is 0.622. The summed E-state index contributed by atoms with van der Waals surface area (Å²) in [6.07, 6.45) is 2.14. The van der Waals surface area contributed by atoms with Crippen molar-refractivity contribution in [3.63, 3.8) is 0 Å². The molecule has 0 saturated carbocycles. The molecule has 0 amide bonds. The number of hydrogen-bond donors (Lipinski definition) is 1. The minimum Gasteiger partial charge on any atom is -0.497 e. The zero-order valence-corrected chi connectivity index (χ0v) is 10.3. The van der Waals surface area contributed by atoms with Crippen LogP contribution >= 0.6 is 0 Å². The molecule has 1 aromatic carbocycles. The summed E-state index contributed by atoms with van der Waals surface area (Å²) in [5.41, 5.74) is 0.480. The van der Waals surface area contributed by atoms with Gasteiger partial charge >= 0.3 is 0 Å². The molecule has 2 rings (SSSR count). The highest BCUT2D eigenvalue weighted by molar-refractivity contribution is 5.52. The van der Waals surface area contributed by atoms with Crippen molar-refractivity contribution in [1.29, 1.82) is 5.26 Å². The molecule has 1 N–H and O–H groups in total. The van der Waals surface area contributed by atoms with Gasteiger partial charge in [0.1, 0.15) is 5.75 Å². The largest absolute Gasteiger partial charge is 0.497 e. The third-order valence-electron chi connectivity index (χ3n) is 3.15. The van der Waals surface area contributed by atoms with Crippen LogP contribution in [-0.2, 0) is 4.74 Å². The van der Waals surface area contributed by atoms with Crippen LogP contribution in [0.2, 0.25) is 0 Å². The predicted molar refractivity (Wildman–Crippen MR) is 66.3 cm³/mol. The zero-order valence-electron chi connectivity index (χ0n) is 10.3. The van der Waals surface area contributed by atoms with Crippen LogP contribution in [0.5, 0.6) is 5.75 Å². The molecule has 1 aliphatic heterocycles. The molecule has 1 aliphatic rings. The van der Waals surface area contributed by atoms with Crippen LogP contribution in [0.1, 0.15) is 0 Å². The third kappa shape index (κ3) is 2.40. The van der Waals surface area contributed by atoms with Crippen LogP contribution in [0.4, 0.5) is 5.69 Å². The van der Waals surface area contributed by atoms with Gasteiger partial charge in [-0.3, -0.25) is 4.90 Å². The lowest BCUT2D eigenvalue weighted by Crippen LogP contribution is -2.52. The van der Waals surface area contributed by atoms with Crippen LogP contribution in [-0.4, -0.2) is 38.6 Å². The second-order valence-corrected chi connectivity index (χ2v) is 4.54. The maximum atomic E-state index is 9.37. The molecule has 0 bridgehead atoms. The van der Waals surface area contributed by atoms with Crippen molar-refractivity contribution in [3.05, 3.63) is 24.3 Å². The van der Waals surface area contributed by atoms with Gasteiger partial charge in [-0.1, -0.05) is 0 Å². The van der Waals surface area contributed by atoms with E-state index >= 15 is 0 Å². The highest BCUT2D eigenvalue weighted by Crippen LogP contribution is 2.30. The van der Waals surface area contributed by atoms with Gasteiger partial charge in [0.2, 0.25) is 0 Å². The van der Waals surface area contributed by atoms with Crippen LogP contribution in [0, 0.1) is 16.9 Å². The normalized spacial score (nSPS) is 16.5. The van der Waals surface area contributed by atoms with Crippen molar-refractivity contribution >= 4 is 5.69 Å². The topological polar surface area (TPSA) is 65.7 Å². The first-order valence-electron chi connectivity index (χ1n) is 5.73. The van der Waals surface area contributed by atoms with Crippen LogP contribution in [0.15, 0.2) is 24.3 Å². The van der Waals surface area contributed by atoms with E-state index in [-0.39, 0.29) is 12.0 Å². The Labute approximate surface area is 106 Å². The number of benzene rings is 1. The van der Waals surface area contributed by atoms with Crippen molar-refractivity contribution < 1.29 is 14.6 Å². The van der Waals surface area contributed by atoms with E-state index in [0.717, 1.165) is 11.4 Å². The Morgan fingerprint density at radius 1 is 1.44 bits per heavy atom. The molecule has 0 unspecified atom stereocenters. The Bertz CT molecular complexity index is 429. The van der Waals surface area contributed by atoms with E-state index in [1.165, 1.54) is 0 Å². The molecule has 5 heteroatoms. The SMILES string of the molecule is COc1ccc(N(C#N)CC2(CO)COC2)cc1. The van der Waals surface area contributed by atoms with Crippen LogP contribution in [0.25, 0.3) is 0 Å². The fourth-order valence-electron chi connectivity index (χ4n) is 1.91. The summed E-state index contributed by atoms with van der Waals surface area (Å²) < 4.78 is 10.2. The lowest BCUT2D eigenvalue weighted by Gasteiger charge is -2.41. The molecule has 1 fully saturated rings. The Balaban J connectivity index is 2.10. The van der Waals surface area contributed by atoms with E-state index < -0.39 is 0 Å². The van der Waals surface area contributed by atoms with Gasteiger partial charge in [-0.25, -0.2) is 0 Å². The van der Waals surface area contributed by atoms with Crippen LogP contribution in [0.3, 0.4) is 0 Å². The van der Waals surface area contributed by atoms with Crippen molar-refractivity contribution in [2.75, 3.05) is 38.4 Å². The Hall–Kier alpha value is -1.77. The number of ether oxygens (including phenoxy) is 2. The fraction of sp³-hybridized carbons (Fsp3) is 0.462. The molecule has 5 nitrogen and oxygen atoms in total. The van der Waals surface area contributed by atoms with Crippen molar-refractivity contribution in [2.45, 2.75) is 0 Å². The number of nitrogens with zero attached hydrogens (tertiary/aromatic N) is 2. The van der Waals surface area contributed by atoms with Crippen molar-refractivity contribution in [2.24, 2.45) is 5.41 Å². The molecule has 0 spiro atoms.